The van der Waals surface area contributed by atoms with E-state index in [1.165, 1.54) is 0 Å². The first-order valence-electron chi connectivity index (χ1n) is 9.31. The van der Waals surface area contributed by atoms with E-state index in [2.05, 4.69) is 10.1 Å². The van der Waals surface area contributed by atoms with Crippen LogP contribution in [0, 0.1) is 0 Å². The van der Waals surface area contributed by atoms with E-state index in [1.54, 1.807) is 5.48 Å². The highest BCUT2D eigenvalue weighted by atomic mass is 16.5. The summed E-state index contributed by atoms with van der Waals surface area (Å²) in [6, 6.07) is 17.2. The van der Waals surface area contributed by atoms with Crippen molar-refractivity contribution in [3.05, 3.63) is 54.6 Å². The number of carbonyl (C=O) groups is 1. The second-order valence-electron chi connectivity index (χ2n) is 6.36. The van der Waals surface area contributed by atoms with Crippen molar-refractivity contribution in [2.24, 2.45) is 0 Å². The van der Waals surface area contributed by atoms with Gasteiger partial charge >= 0.3 is 0 Å². The summed E-state index contributed by atoms with van der Waals surface area (Å²) in [5, 5.41) is 12.4. The molecule has 7 heteroatoms. The lowest BCUT2D eigenvalue weighted by Crippen LogP contribution is -2.17. The van der Waals surface area contributed by atoms with Gasteiger partial charge in [-0.2, -0.15) is 4.98 Å². The number of hydrogen-bond acceptors (Lipinski definition) is 6. The fraction of sp³-hybridized carbons (Fsp3) is 0.286. The highest BCUT2D eigenvalue weighted by Crippen LogP contribution is 2.24. The van der Waals surface area contributed by atoms with Crippen LogP contribution in [-0.4, -0.2) is 27.9 Å². The molecule has 0 aliphatic rings. The molecule has 2 aromatic carbocycles. The Morgan fingerprint density at radius 1 is 0.964 bits per heavy atom. The van der Waals surface area contributed by atoms with Crippen LogP contribution in [0.25, 0.3) is 22.8 Å². The van der Waals surface area contributed by atoms with Crippen LogP contribution < -0.4 is 10.2 Å². The van der Waals surface area contributed by atoms with E-state index in [4.69, 9.17) is 14.5 Å². The fourth-order valence-corrected chi connectivity index (χ4v) is 2.73. The number of hydroxylamine groups is 1. The molecular weight excluding hydrogens is 358 g/mol. The Balaban J connectivity index is 1.43. The number of amides is 1. The minimum Gasteiger partial charge on any atom is -0.494 e. The van der Waals surface area contributed by atoms with Gasteiger partial charge in [0.25, 0.3) is 5.89 Å². The molecule has 1 aromatic heterocycles. The predicted molar refractivity (Wildman–Crippen MR) is 104 cm³/mol. The van der Waals surface area contributed by atoms with Gasteiger partial charge in [-0.05, 0) is 37.1 Å². The van der Waals surface area contributed by atoms with Gasteiger partial charge < -0.3 is 9.26 Å². The summed E-state index contributed by atoms with van der Waals surface area (Å²) in [6.45, 7) is 0.615. The largest absolute Gasteiger partial charge is 0.494 e. The van der Waals surface area contributed by atoms with Gasteiger partial charge in [-0.1, -0.05) is 48.3 Å². The molecular formula is C21H23N3O4. The molecule has 7 nitrogen and oxygen atoms in total. The van der Waals surface area contributed by atoms with Gasteiger partial charge in [0.2, 0.25) is 11.7 Å². The number of nitrogens with zero attached hydrogens (tertiary/aromatic N) is 2. The predicted octanol–water partition coefficient (Wildman–Crippen LogP) is 4.24. The summed E-state index contributed by atoms with van der Waals surface area (Å²) in [5.41, 5.74) is 3.38. The van der Waals surface area contributed by atoms with Crippen LogP contribution in [0.1, 0.15) is 32.1 Å². The molecule has 3 aromatic rings. The minimum atomic E-state index is -0.339. The highest BCUT2D eigenvalue weighted by molar-refractivity contribution is 5.74. The van der Waals surface area contributed by atoms with Crippen molar-refractivity contribution in [2.45, 2.75) is 32.1 Å². The summed E-state index contributed by atoms with van der Waals surface area (Å²) in [6.07, 6.45) is 3.92. The van der Waals surface area contributed by atoms with Crippen molar-refractivity contribution in [1.82, 2.24) is 15.6 Å². The second kappa shape index (κ2) is 10.2. The molecule has 28 heavy (non-hydrogen) atoms. The van der Waals surface area contributed by atoms with Crippen LogP contribution >= 0.6 is 0 Å². The topological polar surface area (TPSA) is 97.5 Å². The standard InChI is InChI=1S/C21H23N3O4/c25-19(23-26)10-6-1-2-7-15-27-18-13-11-17(12-14-18)21-22-20(24-28-21)16-8-4-3-5-9-16/h3-5,8-9,11-14,26H,1-2,6-7,10,15H2,(H,23,25). The molecule has 2 N–H and O–H groups in total. The van der Waals surface area contributed by atoms with Gasteiger partial charge in [-0.15, -0.1) is 0 Å². The van der Waals surface area contributed by atoms with Crippen molar-refractivity contribution in [2.75, 3.05) is 6.61 Å². The molecule has 146 valence electrons. The van der Waals surface area contributed by atoms with Crippen molar-refractivity contribution in [1.29, 1.82) is 0 Å². The number of unbranched alkanes of at least 4 members (excludes halogenated alkanes) is 3. The molecule has 3 rings (SSSR count). The number of benzene rings is 2. The molecule has 0 bridgehead atoms. The maximum Gasteiger partial charge on any atom is 0.258 e. The van der Waals surface area contributed by atoms with Crippen molar-refractivity contribution < 1.29 is 19.3 Å². The van der Waals surface area contributed by atoms with E-state index < -0.39 is 0 Å². The van der Waals surface area contributed by atoms with Crippen LogP contribution in [0.4, 0.5) is 0 Å². The van der Waals surface area contributed by atoms with E-state index in [0.29, 0.717) is 24.7 Å². The maximum atomic E-state index is 10.9. The third-order valence-corrected chi connectivity index (χ3v) is 4.25. The molecule has 1 heterocycles. The lowest BCUT2D eigenvalue weighted by Gasteiger charge is -2.06. The lowest BCUT2D eigenvalue weighted by molar-refractivity contribution is -0.129. The summed E-state index contributed by atoms with van der Waals surface area (Å²) >= 11 is 0. The molecule has 0 atom stereocenters. The zero-order chi connectivity index (χ0) is 19.6. The summed E-state index contributed by atoms with van der Waals surface area (Å²) in [4.78, 5) is 15.3. The number of aromatic nitrogens is 2. The maximum absolute atomic E-state index is 10.9. The molecule has 0 fully saturated rings. The molecule has 0 saturated heterocycles. The second-order valence-corrected chi connectivity index (χ2v) is 6.36. The van der Waals surface area contributed by atoms with Crippen LogP contribution in [0.5, 0.6) is 5.75 Å². The monoisotopic (exact) mass is 381 g/mol. The van der Waals surface area contributed by atoms with E-state index in [0.717, 1.165) is 42.6 Å². The first kappa shape index (κ1) is 19.6. The van der Waals surface area contributed by atoms with Gasteiger partial charge in [0.15, 0.2) is 0 Å². The van der Waals surface area contributed by atoms with Crippen molar-refractivity contribution >= 4 is 5.91 Å². The van der Waals surface area contributed by atoms with Crippen LogP contribution in [-0.2, 0) is 4.79 Å². The number of hydrogen-bond donors (Lipinski definition) is 2. The first-order valence-corrected chi connectivity index (χ1v) is 9.31. The Morgan fingerprint density at radius 3 is 2.46 bits per heavy atom. The van der Waals surface area contributed by atoms with Crippen LogP contribution in [0.15, 0.2) is 59.1 Å². The molecule has 0 spiro atoms. The number of nitrogens with one attached hydrogen (secondary N) is 1. The zero-order valence-corrected chi connectivity index (χ0v) is 15.5. The number of ether oxygens (including phenoxy) is 1. The molecule has 0 radical (unpaired) electrons. The first-order chi connectivity index (χ1) is 13.8. The Labute approximate surface area is 163 Å². The van der Waals surface area contributed by atoms with Crippen LogP contribution in [0.3, 0.4) is 0 Å². The smallest absolute Gasteiger partial charge is 0.258 e. The third kappa shape index (κ3) is 5.65. The summed E-state index contributed by atoms with van der Waals surface area (Å²) < 4.78 is 11.1. The van der Waals surface area contributed by atoms with E-state index >= 15 is 0 Å². The molecule has 0 aliphatic heterocycles. The SMILES string of the molecule is O=C(CCCCCCOc1ccc(-c2nc(-c3ccccc3)no2)cc1)NO. The minimum absolute atomic E-state index is 0.339. The Bertz CT molecular complexity index is 863. The Kier molecular flexibility index (Phi) is 7.14. The number of rotatable bonds is 10. The fourth-order valence-electron chi connectivity index (χ4n) is 2.73. The van der Waals surface area contributed by atoms with E-state index in [9.17, 15) is 4.79 Å². The average Bonchev–Trinajstić information content (AvgIpc) is 3.24. The van der Waals surface area contributed by atoms with Gasteiger partial charge in [0.1, 0.15) is 5.75 Å². The average molecular weight is 381 g/mol. The molecule has 1 amide bonds. The van der Waals surface area contributed by atoms with Crippen molar-refractivity contribution in [3.8, 4) is 28.6 Å². The summed E-state index contributed by atoms with van der Waals surface area (Å²) in [7, 11) is 0. The third-order valence-electron chi connectivity index (χ3n) is 4.25. The highest BCUT2D eigenvalue weighted by Gasteiger charge is 2.10. The quantitative estimate of drug-likeness (QED) is 0.310. The van der Waals surface area contributed by atoms with Crippen LogP contribution in [0.2, 0.25) is 0 Å². The molecule has 0 aliphatic carbocycles. The van der Waals surface area contributed by atoms with Gasteiger partial charge in [-0.3, -0.25) is 10.0 Å². The molecule has 0 unspecified atom stereocenters. The Hall–Kier alpha value is -3.19. The summed E-state index contributed by atoms with van der Waals surface area (Å²) in [5.74, 6) is 1.48. The van der Waals surface area contributed by atoms with Gasteiger partial charge in [-0.25, -0.2) is 5.48 Å². The van der Waals surface area contributed by atoms with E-state index in [-0.39, 0.29) is 5.91 Å². The normalized spacial score (nSPS) is 10.6. The Morgan fingerprint density at radius 2 is 1.71 bits per heavy atom. The molecule has 0 saturated carbocycles. The van der Waals surface area contributed by atoms with Crippen molar-refractivity contribution in [3.63, 3.8) is 0 Å². The van der Waals surface area contributed by atoms with Gasteiger partial charge in [0, 0.05) is 17.5 Å². The van der Waals surface area contributed by atoms with E-state index in [1.807, 2.05) is 54.6 Å². The van der Waals surface area contributed by atoms with Gasteiger partial charge in [0.05, 0.1) is 6.61 Å². The lowest BCUT2D eigenvalue weighted by atomic mass is 10.1. The zero-order valence-electron chi connectivity index (χ0n) is 15.5. The number of carbonyl (C=O) groups excluding carboxylic acids is 1.